The second-order valence-electron chi connectivity index (χ2n) is 7.82. The number of carbonyl (C=O) groups is 2. The molecule has 0 unspecified atom stereocenters. The summed E-state index contributed by atoms with van der Waals surface area (Å²) < 4.78 is 12.7. The minimum atomic E-state index is -0.290. The molecule has 2 amide bonds. The van der Waals surface area contributed by atoms with E-state index in [-0.39, 0.29) is 18.4 Å². The standard InChI is InChI=1S/C27H23BrN2O4S2/c1-3-33-22-14-18(15-23-26(32)30(27(35)36-23)20-7-5-4-6-8-20)13-21(28)25(22)34-16-24(31)29-19-11-9-17(2)10-12-19/h4-15H,3,16H2,1-2H3,(H,29,31)/b23-15+. The first kappa shape index (κ1) is 25.9. The highest BCUT2D eigenvalue weighted by molar-refractivity contribution is 9.10. The van der Waals surface area contributed by atoms with Crippen LogP contribution in [-0.2, 0) is 9.59 Å². The molecule has 4 rings (SSSR count). The van der Waals surface area contributed by atoms with Crippen LogP contribution in [0.4, 0.5) is 11.4 Å². The minimum Gasteiger partial charge on any atom is -0.490 e. The van der Waals surface area contributed by atoms with Gasteiger partial charge in [-0.05, 0) is 77.8 Å². The van der Waals surface area contributed by atoms with Gasteiger partial charge in [-0.25, -0.2) is 0 Å². The second kappa shape index (κ2) is 11.7. The van der Waals surface area contributed by atoms with Gasteiger partial charge in [0.25, 0.3) is 11.8 Å². The third kappa shape index (κ3) is 6.16. The van der Waals surface area contributed by atoms with E-state index >= 15 is 0 Å². The molecule has 6 nitrogen and oxygen atoms in total. The van der Waals surface area contributed by atoms with Gasteiger partial charge in [0.05, 0.1) is 21.7 Å². The molecule has 1 N–H and O–H groups in total. The van der Waals surface area contributed by atoms with Gasteiger partial charge in [0.1, 0.15) is 0 Å². The molecule has 36 heavy (non-hydrogen) atoms. The van der Waals surface area contributed by atoms with Gasteiger partial charge in [-0.3, -0.25) is 14.5 Å². The Balaban J connectivity index is 1.51. The van der Waals surface area contributed by atoms with Crippen molar-refractivity contribution in [3.63, 3.8) is 0 Å². The van der Waals surface area contributed by atoms with Gasteiger partial charge in [-0.1, -0.05) is 59.9 Å². The zero-order chi connectivity index (χ0) is 25.7. The number of carbonyl (C=O) groups excluding carboxylic acids is 2. The van der Waals surface area contributed by atoms with Gasteiger partial charge in [0.2, 0.25) is 0 Å². The van der Waals surface area contributed by atoms with Crippen molar-refractivity contribution in [1.29, 1.82) is 0 Å². The average Bonchev–Trinajstić information content (AvgIpc) is 3.13. The first-order valence-electron chi connectivity index (χ1n) is 11.1. The van der Waals surface area contributed by atoms with Crippen LogP contribution >= 0.6 is 39.9 Å². The number of hydrogen-bond acceptors (Lipinski definition) is 6. The molecule has 0 aliphatic carbocycles. The third-order valence-electron chi connectivity index (χ3n) is 5.12. The van der Waals surface area contributed by atoms with Crippen molar-refractivity contribution in [1.82, 2.24) is 0 Å². The highest BCUT2D eigenvalue weighted by Gasteiger charge is 2.33. The monoisotopic (exact) mass is 582 g/mol. The molecule has 0 saturated carbocycles. The van der Waals surface area contributed by atoms with Gasteiger partial charge in [-0.2, -0.15) is 0 Å². The van der Waals surface area contributed by atoms with Crippen LogP contribution < -0.4 is 19.7 Å². The number of anilines is 2. The molecule has 0 atom stereocenters. The number of nitrogens with zero attached hydrogens (tertiary/aromatic N) is 1. The van der Waals surface area contributed by atoms with Crippen LogP contribution in [0.2, 0.25) is 0 Å². The number of thiocarbonyl (C=S) groups is 1. The molecule has 0 spiro atoms. The lowest BCUT2D eigenvalue weighted by Gasteiger charge is -2.15. The summed E-state index contributed by atoms with van der Waals surface area (Å²) in [5, 5.41) is 2.81. The van der Waals surface area contributed by atoms with E-state index in [0.717, 1.165) is 16.8 Å². The normalized spacial score (nSPS) is 14.3. The Kier molecular flexibility index (Phi) is 8.45. The number of aryl methyl sites for hydroxylation is 1. The maximum atomic E-state index is 13.1. The van der Waals surface area contributed by atoms with Gasteiger partial charge in [-0.15, -0.1) is 0 Å². The molecular weight excluding hydrogens is 560 g/mol. The minimum absolute atomic E-state index is 0.182. The van der Waals surface area contributed by atoms with Crippen molar-refractivity contribution in [2.75, 3.05) is 23.4 Å². The fourth-order valence-corrected chi connectivity index (χ4v) is 5.34. The number of rotatable bonds is 8. The van der Waals surface area contributed by atoms with Crippen LogP contribution in [0.3, 0.4) is 0 Å². The predicted octanol–water partition coefficient (Wildman–Crippen LogP) is 6.58. The SMILES string of the molecule is CCOc1cc(/C=C2/SC(=S)N(c3ccccc3)C2=O)cc(Br)c1OCC(=O)Nc1ccc(C)cc1. The van der Waals surface area contributed by atoms with Crippen molar-refractivity contribution < 1.29 is 19.1 Å². The lowest BCUT2D eigenvalue weighted by Crippen LogP contribution is -2.27. The van der Waals surface area contributed by atoms with Crippen LogP contribution in [0.5, 0.6) is 11.5 Å². The molecule has 184 valence electrons. The van der Waals surface area contributed by atoms with Crippen LogP contribution in [0.25, 0.3) is 6.08 Å². The highest BCUT2D eigenvalue weighted by atomic mass is 79.9. The summed E-state index contributed by atoms with van der Waals surface area (Å²) in [7, 11) is 0. The van der Waals surface area contributed by atoms with E-state index in [1.165, 1.54) is 16.7 Å². The molecule has 0 radical (unpaired) electrons. The summed E-state index contributed by atoms with van der Waals surface area (Å²) in [6.07, 6.45) is 1.77. The molecule has 1 saturated heterocycles. The molecule has 9 heteroatoms. The summed E-state index contributed by atoms with van der Waals surface area (Å²) in [6.45, 7) is 4.05. The van der Waals surface area contributed by atoms with E-state index < -0.39 is 0 Å². The Morgan fingerprint density at radius 2 is 1.83 bits per heavy atom. The van der Waals surface area contributed by atoms with Crippen LogP contribution in [0.1, 0.15) is 18.1 Å². The van der Waals surface area contributed by atoms with Gasteiger partial charge < -0.3 is 14.8 Å². The van der Waals surface area contributed by atoms with E-state index in [2.05, 4.69) is 21.2 Å². The third-order valence-corrected chi connectivity index (χ3v) is 7.01. The Bertz CT molecular complexity index is 1330. The van der Waals surface area contributed by atoms with Crippen LogP contribution in [0.15, 0.2) is 76.1 Å². The quantitative estimate of drug-likeness (QED) is 0.239. The topological polar surface area (TPSA) is 67.9 Å². The Labute approximate surface area is 227 Å². The smallest absolute Gasteiger partial charge is 0.270 e. The number of hydrogen-bond donors (Lipinski definition) is 1. The first-order chi connectivity index (χ1) is 17.4. The second-order valence-corrected chi connectivity index (χ2v) is 10.3. The maximum absolute atomic E-state index is 13.1. The molecule has 1 aliphatic heterocycles. The van der Waals surface area contributed by atoms with Crippen LogP contribution in [0, 0.1) is 6.92 Å². The molecule has 3 aromatic carbocycles. The van der Waals surface area contributed by atoms with E-state index in [1.54, 1.807) is 12.1 Å². The average molecular weight is 584 g/mol. The Morgan fingerprint density at radius 1 is 1.11 bits per heavy atom. The number of amides is 2. The summed E-state index contributed by atoms with van der Waals surface area (Å²) in [5.41, 5.74) is 3.26. The van der Waals surface area contributed by atoms with Crippen molar-refractivity contribution >= 4 is 73.5 Å². The number of thioether (sulfide) groups is 1. The molecule has 1 fully saturated rings. The van der Waals surface area contributed by atoms with Crippen molar-refractivity contribution in [3.05, 3.63) is 87.2 Å². The maximum Gasteiger partial charge on any atom is 0.270 e. The molecule has 0 aromatic heterocycles. The molecule has 0 bridgehead atoms. The van der Waals surface area contributed by atoms with E-state index in [1.807, 2.05) is 74.5 Å². The van der Waals surface area contributed by atoms with Crippen molar-refractivity contribution in [2.24, 2.45) is 0 Å². The van der Waals surface area contributed by atoms with E-state index in [0.29, 0.717) is 37.5 Å². The summed E-state index contributed by atoms with van der Waals surface area (Å²) in [5.74, 6) is 0.393. The van der Waals surface area contributed by atoms with Crippen molar-refractivity contribution in [2.45, 2.75) is 13.8 Å². The number of benzene rings is 3. The lowest BCUT2D eigenvalue weighted by molar-refractivity contribution is -0.118. The zero-order valence-corrected chi connectivity index (χ0v) is 22.8. The van der Waals surface area contributed by atoms with E-state index in [4.69, 9.17) is 21.7 Å². The van der Waals surface area contributed by atoms with Crippen LogP contribution in [-0.4, -0.2) is 29.3 Å². The van der Waals surface area contributed by atoms with E-state index in [9.17, 15) is 9.59 Å². The molecular formula is C27H23BrN2O4S2. The van der Waals surface area contributed by atoms with Gasteiger partial charge >= 0.3 is 0 Å². The molecule has 1 aliphatic rings. The summed E-state index contributed by atoms with van der Waals surface area (Å²) in [4.78, 5) is 27.5. The largest absolute Gasteiger partial charge is 0.490 e. The Morgan fingerprint density at radius 3 is 2.53 bits per heavy atom. The summed E-state index contributed by atoms with van der Waals surface area (Å²) >= 11 is 10.2. The lowest BCUT2D eigenvalue weighted by atomic mass is 10.1. The van der Waals surface area contributed by atoms with Gasteiger partial charge in [0, 0.05) is 5.69 Å². The number of nitrogens with one attached hydrogen (secondary N) is 1. The number of halogens is 1. The Hall–Kier alpha value is -3.14. The fourth-order valence-electron chi connectivity index (χ4n) is 3.46. The first-order valence-corrected chi connectivity index (χ1v) is 13.2. The molecule has 1 heterocycles. The fraction of sp³-hybridized carbons (Fsp3) is 0.148. The zero-order valence-electron chi connectivity index (χ0n) is 19.6. The number of para-hydroxylation sites is 1. The highest BCUT2D eigenvalue weighted by Crippen LogP contribution is 2.40. The van der Waals surface area contributed by atoms with Crippen molar-refractivity contribution in [3.8, 4) is 11.5 Å². The molecule has 3 aromatic rings. The number of ether oxygens (including phenoxy) is 2. The summed E-state index contributed by atoms with van der Waals surface area (Å²) in [6, 6.07) is 20.4. The van der Waals surface area contributed by atoms with Gasteiger partial charge in [0.15, 0.2) is 22.4 Å². The predicted molar refractivity (Wildman–Crippen MR) is 153 cm³/mol.